The van der Waals surface area contributed by atoms with Crippen molar-refractivity contribution in [2.24, 2.45) is 5.92 Å². The van der Waals surface area contributed by atoms with Crippen LogP contribution >= 0.6 is 0 Å². The Morgan fingerprint density at radius 2 is 2.00 bits per heavy atom. The van der Waals surface area contributed by atoms with Crippen molar-refractivity contribution in [3.8, 4) is 0 Å². The molecule has 2 atom stereocenters. The zero-order chi connectivity index (χ0) is 19.0. The quantitative estimate of drug-likeness (QED) is 0.501. The number of fused-ring (bicyclic) bond motifs is 1. The first-order valence-electron chi connectivity index (χ1n) is 8.45. The summed E-state index contributed by atoms with van der Waals surface area (Å²) in [5, 5.41) is 14.0. The maximum atomic E-state index is 12.8. The fourth-order valence-corrected chi connectivity index (χ4v) is 3.20. The summed E-state index contributed by atoms with van der Waals surface area (Å²) in [6.07, 6.45) is 1.63. The van der Waals surface area contributed by atoms with Crippen LogP contribution in [0.1, 0.15) is 55.2 Å². The Hall–Kier alpha value is -3.03. The smallest absolute Gasteiger partial charge is 0.269 e. The second kappa shape index (κ2) is 6.70. The van der Waals surface area contributed by atoms with Gasteiger partial charge in [0.15, 0.2) is 5.78 Å². The van der Waals surface area contributed by atoms with Crippen molar-refractivity contribution in [3.05, 3.63) is 62.1 Å². The predicted octanol–water partition coefficient (Wildman–Crippen LogP) is 3.11. The maximum absolute atomic E-state index is 12.8. The number of Topliss-reactive ketones (excluding diaryl/α,β-unsaturated/α-hetero) is 1. The molecule has 0 amide bonds. The molecule has 2 aromatic rings. The molecular formula is C18H20N4O4. The van der Waals surface area contributed by atoms with E-state index in [4.69, 9.17) is 0 Å². The second-order valence-corrected chi connectivity index (χ2v) is 6.90. The molecule has 3 rings (SSSR count). The molecule has 0 radical (unpaired) electrons. The number of nitrogens with zero attached hydrogens (tertiary/aromatic N) is 3. The molecule has 0 bridgehead atoms. The highest BCUT2D eigenvalue weighted by Crippen LogP contribution is 2.36. The Bertz CT molecular complexity index is 918. The molecule has 26 heavy (non-hydrogen) atoms. The molecule has 8 nitrogen and oxygen atoms in total. The number of rotatable bonds is 5. The first kappa shape index (κ1) is 17.8. The molecule has 0 aliphatic carbocycles. The van der Waals surface area contributed by atoms with Crippen LogP contribution < -0.4 is 10.9 Å². The van der Waals surface area contributed by atoms with Crippen LogP contribution in [0, 0.1) is 16.0 Å². The molecule has 2 heterocycles. The molecule has 2 unspecified atom stereocenters. The van der Waals surface area contributed by atoms with Crippen LogP contribution in [0.15, 0.2) is 35.3 Å². The number of anilines is 1. The van der Waals surface area contributed by atoms with E-state index >= 15 is 0 Å². The first-order valence-corrected chi connectivity index (χ1v) is 8.45. The van der Waals surface area contributed by atoms with E-state index < -0.39 is 4.92 Å². The number of carbonyl (C=O) groups excluding carboxylic acids is 1. The Morgan fingerprint density at radius 3 is 2.58 bits per heavy atom. The number of nitro groups is 1. The van der Waals surface area contributed by atoms with Gasteiger partial charge in [0.25, 0.3) is 11.2 Å². The second-order valence-electron chi connectivity index (χ2n) is 6.90. The highest BCUT2D eigenvalue weighted by Gasteiger charge is 2.33. The van der Waals surface area contributed by atoms with Gasteiger partial charge in [-0.1, -0.05) is 26.0 Å². The minimum atomic E-state index is -0.456. The summed E-state index contributed by atoms with van der Waals surface area (Å²) in [4.78, 5) is 39.7. The lowest BCUT2D eigenvalue weighted by atomic mass is 10.0. The van der Waals surface area contributed by atoms with Crippen LogP contribution in [0.2, 0.25) is 0 Å². The van der Waals surface area contributed by atoms with Gasteiger partial charge in [-0.2, -0.15) is 0 Å². The zero-order valence-corrected chi connectivity index (χ0v) is 14.8. The van der Waals surface area contributed by atoms with E-state index in [1.165, 1.54) is 22.9 Å². The maximum Gasteiger partial charge on any atom is 0.269 e. The summed E-state index contributed by atoms with van der Waals surface area (Å²) in [5.74, 6) is 0.342. The van der Waals surface area contributed by atoms with Crippen LogP contribution in [0.5, 0.6) is 0 Å². The largest absolute Gasteiger partial charge is 0.347 e. The van der Waals surface area contributed by atoms with E-state index in [0.29, 0.717) is 12.4 Å². The van der Waals surface area contributed by atoms with Crippen LogP contribution in [0.25, 0.3) is 0 Å². The summed E-state index contributed by atoms with van der Waals surface area (Å²) in [6.45, 7) is 5.70. The van der Waals surface area contributed by atoms with Crippen molar-refractivity contribution in [3.63, 3.8) is 0 Å². The number of ketones is 1. The van der Waals surface area contributed by atoms with E-state index in [2.05, 4.69) is 10.3 Å². The summed E-state index contributed by atoms with van der Waals surface area (Å²) in [6, 6.07) is 5.65. The van der Waals surface area contributed by atoms with Gasteiger partial charge in [0.1, 0.15) is 5.56 Å². The number of hydrogen-bond acceptors (Lipinski definition) is 6. The number of non-ortho nitro benzene ring substituents is 1. The fraction of sp³-hybridized carbons (Fsp3) is 0.389. The van der Waals surface area contributed by atoms with Crippen molar-refractivity contribution in [2.75, 3.05) is 5.32 Å². The molecule has 0 saturated carbocycles. The molecular weight excluding hydrogens is 336 g/mol. The topological polar surface area (TPSA) is 107 Å². The third-order valence-corrected chi connectivity index (χ3v) is 4.52. The van der Waals surface area contributed by atoms with Gasteiger partial charge >= 0.3 is 0 Å². The van der Waals surface area contributed by atoms with Gasteiger partial charge in [-0.3, -0.25) is 24.3 Å². The van der Waals surface area contributed by atoms with Crippen molar-refractivity contribution >= 4 is 17.4 Å². The standard InChI is InChI=1S/C18H20N4O4/c1-10(2)8-15(23)14-9-19-18-20-16(11(3)21(18)17(14)24)12-4-6-13(7-5-12)22(25)26/h4-7,9-11,16H,8H2,1-3H3,(H,19,20). The third kappa shape index (κ3) is 3.10. The number of nitrogens with one attached hydrogen (secondary N) is 1. The monoisotopic (exact) mass is 356 g/mol. The van der Waals surface area contributed by atoms with Gasteiger partial charge in [-0.25, -0.2) is 4.98 Å². The fourth-order valence-electron chi connectivity index (χ4n) is 3.20. The zero-order valence-electron chi connectivity index (χ0n) is 14.8. The lowest BCUT2D eigenvalue weighted by Crippen LogP contribution is -2.28. The van der Waals surface area contributed by atoms with Gasteiger partial charge < -0.3 is 5.32 Å². The molecule has 1 aromatic carbocycles. The Kier molecular flexibility index (Phi) is 4.58. The number of benzene rings is 1. The van der Waals surface area contributed by atoms with Gasteiger partial charge in [-0.15, -0.1) is 0 Å². The van der Waals surface area contributed by atoms with Gasteiger partial charge in [0.05, 0.1) is 17.0 Å². The molecule has 136 valence electrons. The Morgan fingerprint density at radius 1 is 1.35 bits per heavy atom. The molecule has 1 aromatic heterocycles. The van der Waals surface area contributed by atoms with Crippen molar-refractivity contribution in [2.45, 2.75) is 39.3 Å². The van der Waals surface area contributed by atoms with Crippen molar-refractivity contribution in [1.82, 2.24) is 9.55 Å². The normalized spacial score (nSPS) is 18.5. The Balaban J connectivity index is 1.93. The molecule has 8 heteroatoms. The lowest BCUT2D eigenvalue weighted by molar-refractivity contribution is -0.384. The average Bonchev–Trinajstić information content (AvgIpc) is 2.92. The highest BCUT2D eigenvalue weighted by atomic mass is 16.6. The van der Waals surface area contributed by atoms with Crippen molar-refractivity contribution < 1.29 is 9.72 Å². The molecule has 0 spiro atoms. The lowest BCUT2D eigenvalue weighted by Gasteiger charge is -2.16. The first-order chi connectivity index (χ1) is 12.3. The van der Waals surface area contributed by atoms with Crippen LogP contribution in [-0.2, 0) is 0 Å². The van der Waals surface area contributed by atoms with Gasteiger partial charge in [0.2, 0.25) is 5.95 Å². The highest BCUT2D eigenvalue weighted by molar-refractivity contribution is 5.95. The molecule has 0 saturated heterocycles. The van der Waals surface area contributed by atoms with Crippen LogP contribution in [-0.4, -0.2) is 20.3 Å². The number of aromatic nitrogens is 2. The molecule has 1 N–H and O–H groups in total. The molecule has 0 fully saturated rings. The minimum Gasteiger partial charge on any atom is -0.347 e. The van der Waals surface area contributed by atoms with Gasteiger partial charge in [0, 0.05) is 24.8 Å². The van der Waals surface area contributed by atoms with E-state index in [-0.39, 0.29) is 40.6 Å². The number of nitro benzene ring substituents is 1. The minimum absolute atomic E-state index is 0.00812. The number of hydrogen-bond donors (Lipinski definition) is 1. The SMILES string of the molecule is CC(C)CC(=O)c1cnc2n(c1=O)C(C)C(c1ccc([N+](=O)[O-])cc1)N2. The van der Waals surface area contributed by atoms with Crippen LogP contribution in [0.3, 0.4) is 0 Å². The predicted molar refractivity (Wildman–Crippen MR) is 96.5 cm³/mol. The van der Waals surface area contributed by atoms with E-state index in [9.17, 15) is 19.7 Å². The summed E-state index contributed by atoms with van der Waals surface area (Å²) >= 11 is 0. The van der Waals surface area contributed by atoms with Crippen molar-refractivity contribution in [1.29, 1.82) is 0 Å². The summed E-state index contributed by atoms with van der Waals surface area (Å²) in [5.41, 5.74) is 0.558. The molecule has 1 aliphatic heterocycles. The Labute approximate surface area is 150 Å². The third-order valence-electron chi connectivity index (χ3n) is 4.52. The van der Waals surface area contributed by atoms with Crippen LogP contribution in [0.4, 0.5) is 11.6 Å². The average molecular weight is 356 g/mol. The van der Waals surface area contributed by atoms with E-state index in [1.807, 2.05) is 20.8 Å². The van der Waals surface area contributed by atoms with Gasteiger partial charge in [-0.05, 0) is 18.4 Å². The summed E-state index contributed by atoms with van der Waals surface area (Å²) < 4.78 is 1.49. The molecule has 1 aliphatic rings. The number of carbonyl (C=O) groups is 1. The van der Waals surface area contributed by atoms with E-state index in [0.717, 1.165) is 5.56 Å². The van der Waals surface area contributed by atoms with E-state index in [1.54, 1.807) is 12.1 Å². The summed E-state index contributed by atoms with van der Waals surface area (Å²) in [7, 11) is 0.